The highest BCUT2D eigenvalue weighted by Crippen LogP contribution is 2.28. The molecule has 1 amide bonds. The zero-order valence-electron chi connectivity index (χ0n) is 15.5. The molecular weight excluding hydrogens is 314 g/mol. The van der Waals surface area contributed by atoms with E-state index >= 15 is 0 Å². The molecule has 1 N–H and O–H groups in total. The predicted octanol–water partition coefficient (Wildman–Crippen LogP) is 4.50. The average Bonchev–Trinajstić information content (AvgIpc) is 3.04. The number of carbonyl (C=O) groups excluding carboxylic acids is 1. The summed E-state index contributed by atoms with van der Waals surface area (Å²) in [4.78, 5) is 22.1. The van der Waals surface area contributed by atoms with E-state index < -0.39 is 5.60 Å². The van der Waals surface area contributed by atoms with Crippen molar-refractivity contribution in [2.45, 2.75) is 52.1 Å². The second-order valence-electron chi connectivity index (χ2n) is 7.81. The van der Waals surface area contributed by atoms with Crippen LogP contribution in [-0.4, -0.2) is 39.7 Å². The number of hydrogen-bond acceptors (Lipinski definition) is 3. The van der Waals surface area contributed by atoms with E-state index in [9.17, 15) is 4.79 Å². The van der Waals surface area contributed by atoms with Crippen LogP contribution < -0.4 is 0 Å². The van der Waals surface area contributed by atoms with E-state index in [2.05, 4.69) is 41.2 Å². The molecule has 0 bridgehead atoms. The number of imidazole rings is 1. The molecule has 0 radical (unpaired) electrons. The van der Waals surface area contributed by atoms with Crippen LogP contribution in [-0.2, 0) is 4.74 Å². The Labute approximate surface area is 149 Å². The maximum absolute atomic E-state index is 12.3. The minimum atomic E-state index is -0.465. The van der Waals surface area contributed by atoms with Gasteiger partial charge in [0.25, 0.3) is 0 Å². The van der Waals surface area contributed by atoms with Gasteiger partial charge in [-0.2, -0.15) is 0 Å². The Bertz CT molecular complexity index is 728. The van der Waals surface area contributed by atoms with Crippen molar-refractivity contribution in [3.05, 3.63) is 41.9 Å². The fourth-order valence-corrected chi connectivity index (χ4v) is 3.12. The van der Waals surface area contributed by atoms with Gasteiger partial charge in [-0.05, 0) is 46.1 Å². The summed E-state index contributed by atoms with van der Waals surface area (Å²) in [5, 5.41) is 0. The quantitative estimate of drug-likeness (QED) is 0.875. The number of amides is 1. The number of piperidine rings is 1. The topological polar surface area (TPSA) is 58.2 Å². The number of rotatable bonds is 2. The summed E-state index contributed by atoms with van der Waals surface area (Å²) < 4.78 is 5.50. The number of nitrogens with zero attached hydrogens (tertiary/aromatic N) is 2. The number of hydrogen-bond donors (Lipinski definition) is 1. The molecule has 1 aliphatic rings. The van der Waals surface area contributed by atoms with Gasteiger partial charge in [0, 0.05) is 19.0 Å². The number of H-pyrrole nitrogens is 1. The Kier molecular flexibility index (Phi) is 4.84. The average molecular weight is 341 g/mol. The summed E-state index contributed by atoms with van der Waals surface area (Å²) >= 11 is 0. The number of nitrogens with one attached hydrogen (secondary N) is 1. The molecule has 1 aromatic heterocycles. The normalized spacial score (nSPS) is 18.2. The van der Waals surface area contributed by atoms with Crippen molar-refractivity contribution in [1.82, 2.24) is 14.9 Å². The lowest BCUT2D eigenvalue weighted by Gasteiger charge is -2.33. The SMILES string of the molecule is Cc1ccc(-c2cnc(C3CCCN(C(=O)OC(C)(C)C)C3)[nH]2)cc1. The van der Waals surface area contributed by atoms with Crippen molar-refractivity contribution in [2.24, 2.45) is 0 Å². The summed E-state index contributed by atoms with van der Waals surface area (Å²) in [6.07, 6.45) is 3.64. The molecule has 1 saturated heterocycles. The maximum Gasteiger partial charge on any atom is 0.410 e. The first-order chi connectivity index (χ1) is 11.8. The van der Waals surface area contributed by atoms with Crippen LogP contribution in [0.1, 0.15) is 50.9 Å². The van der Waals surface area contributed by atoms with E-state index in [1.807, 2.05) is 27.0 Å². The van der Waals surface area contributed by atoms with Crippen molar-refractivity contribution < 1.29 is 9.53 Å². The van der Waals surface area contributed by atoms with Crippen molar-refractivity contribution in [1.29, 1.82) is 0 Å². The second kappa shape index (κ2) is 6.90. The third-order valence-corrected chi connectivity index (χ3v) is 4.42. The van der Waals surface area contributed by atoms with Crippen LogP contribution in [0.3, 0.4) is 0 Å². The number of aromatic amines is 1. The molecule has 1 aliphatic heterocycles. The molecule has 1 aromatic carbocycles. The van der Waals surface area contributed by atoms with E-state index in [1.165, 1.54) is 5.56 Å². The van der Waals surface area contributed by atoms with E-state index in [-0.39, 0.29) is 12.0 Å². The molecule has 5 heteroatoms. The smallest absolute Gasteiger partial charge is 0.410 e. The largest absolute Gasteiger partial charge is 0.444 e. The highest BCUT2D eigenvalue weighted by molar-refractivity contribution is 5.68. The van der Waals surface area contributed by atoms with E-state index in [0.717, 1.165) is 36.5 Å². The van der Waals surface area contributed by atoms with E-state index in [4.69, 9.17) is 4.74 Å². The number of ether oxygens (including phenoxy) is 1. The molecule has 3 rings (SSSR count). The zero-order valence-corrected chi connectivity index (χ0v) is 15.5. The van der Waals surface area contributed by atoms with Crippen LogP contribution in [0, 0.1) is 6.92 Å². The van der Waals surface area contributed by atoms with Gasteiger partial charge in [0.2, 0.25) is 0 Å². The minimum Gasteiger partial charge on any atom is -0.444 e. The third kappa shape index (κ3) is 4.41. The molecule has 1 unspecified atom stereocenters. The van der Waals surface area contributed by atoms with Gasteiger partial charge in [0.1, 0.15) is 11.4 Å². The van der Waals surface area contributed by atoms with Crippen LogP contribution in [0.4, 0.5) is 4.79 Å². The fourth-order valence-electron chi connectivity index (χ4n) is 3.12. The summed E-state index contributed by atoms with van der Waals surface area (Å²) in [6.45, 7) is 9.16. The second-order valence-corrected chi connectivity index (χ2v) is 7.81. The highest BCUT2D eigenvalue weighted by atomic mass is 16.6. The van der Waals surface area contributed by atoms with Crippen LogP contribution in [0.25, 0.3) is 11.3 Å². The van der Waals surface area contributed by atoms with Crippen molar-refractivity contribution in [3.63, 3.8) is 0 Å². The van der Waals surface area contributed by atoms with Gasteiger partial charge in [-0.15, -0.1) is 0 Å². The Morgan fingerprint density at radius 2 is 2.00 bits per heavy atom. The summed E-state index contributed by atoms with van der Waals surface area (Å²) in [5.41, 5.74) is 2.92. The van der Waals surface area contributed by atoms with Gasteiger partial charge >= 0.3 is 6.09 Å². The molecule has 0 aliphatic carbocycles. The maximum atomic E-state index is 12.3. The zero-order chi connectivity index (χ0) is 18.0. The lowest BCUT2D eigenvalue weighted by atomic mass is 9.98. The summed E-state index contributed by atoms with van der Waals surface area (Å²) in [5.74, 6) is 1.17. The number of benzene rings is 1. The summed E-state index contributed by atoms with van der Waals surface area (Å²) in [7, 11) is 0. The Hall–Kier alpha value is -2.30. The Balaban J connectivity index is 1.70. The molecule has 2 aromatic rings. The van der Waals surface area contributed by atoms with Crippen molar-refractivity contribution >= 4 is 6.09 Å². The van der Waals surface area contributed by atoms with E-state index in [1.54, 1.807) is 4.90 Å². The predicted molar refractivity (Wildman–Crippen MR) is 98.5 cm³/mol. The summed E-state index contributed by atoms with van der Waals surface area (Å²) in [6, 6.07) is 8.39. The van der Waals surface area contributed by atoms with Gasteiger partial charge < -0.3 is 14.6 Å². The van der Waals surface area contributed by atoms with Gasteiger partial charge in [-0.25, -0.2) is 9.78 Å². The van der Waals surface area contributed by atoms with Gasteiger partial charge in [0.05, 0.1) is 11.9 Å². The monoisotopic (exact) mass is 341 g/mol. The molecular formula is C20H27N3O2. The third-order valence-electron chi connectivity index (χ3n) is 4.42. The first-order valence-electron chi connectivity index (χ1n) is 8.92. The van der Waals surface area contributed by atoms with Crippen LogP contribution in [0.5, 0.6) is 0 Å². The van der Waals surface area contributed by atoms with Crippen molar-refractivity contribution in [3.8, 4) is 11.3 Å². The molecule has 2 heterocycles. The number of carbonyl (C=O) groups is 1. The van der Waals surface area contributed by atoms with E-state index in [0.29, 0.717) is 6.54 Å². The van der Waals surface area contributed by atoms with Crippen LogP contribution in [0.2, 0.25) is 0 Å². The molecule has 134 valence electrons. The number of aryl methyl sites for hydroxylation is 1. The number of likely N-dealkylation sites (tertiary alicyclic amines) is 1. The van der Waals surface area contributed by atoms with Gasteiger partial charge in [-0.1, -0.05) is 29.8 Å². The van der Waals surface area contributed by atoms with Crippen LogP contribution >= 0.6 is 0 Å². The lowest BCUT2D eigenvalue weighted by Crippen LogP contribution is -2.42. The number of aromatic nitrogens is 2. The first kappa shape index (κ1) is 17.5. The first-order valence-corrected chi connectivity index (χ1v) is 8.92. The molecule has 5 nitrogen and oxygen atoms in total. The highest BCUT2D eigenvalue weighted by Gasteiger charge is 2.29. The van der Waals surface area contributed by atoms with Crippen LogP contribution in [0.15, 0.2) is 30.5 Å². The molecule has 0 saturated carbocycles. The van der Waals surface area contributed by atoms with Crippen molar-refractivity contribution in [2.75, 3.05) is 13.1 Å². The van der Waals surface area contributed by atoms with Gasteiger partial charge in [-0.3, -0.25) is 0 Å². The lowest BCUT2D eigenvalue weighted by molar-refractivity contribution is 0.0196. The molecule has 1 atom stereocenters. The standard InChI is InChI=1S/C20H27N3O2/c1-14-7-9-15(10-8-14)17-12-21-18(22-17)16-6-5-11-23(13-16)19(24)25-20(2,3)4/h7-10,12,16H,5-6,11,13H2,1-4H3,(H,21,22). The molecule has 0 spiro atoms. The minimum absolute atomic E-state index is 0.223. The Morgan fingerprint density at radius 3 is 2.68 bits per heavy atom. The molecule has 25 heavy (non-hydrogen) atoms. The Morgan fingerprint density at radius 1 is 1.28 bits per heavy atom. The molecule has 1 fully saturated rings. The van der Waals surface area contributed by atoms with Gasteiger partial charge in [0.15, 0.2) is 0 Å². The fraction of sp³-hybridized carbons (Fsp3) is 0.500.